The quantitative estimate of drug-likeness (QED) is 0.620. The van der Waals surface area contributed by atoms with E-state index in [9.17, 15) is 9.59 Å². The maximum atomic E-state index is 12.7. The highest BCUT2D eigenvalue weighted by atomic mass is 16.2. The van der Waals surface area contributed by atoms with Gasteiger partial charge in [-0.25, -0.2) is 0 Å². The molecule has 32 heavy (non-hydrogen) atoms. The van der Waals surface area contributed by atoms with Crippen molar-refractivity contribution in [3.63, 3.8) is 0 Å². The average Bonchev–Trinajstić information content (AvgIpc) is 2.83. The molecule has 1 aliphatic heterocycles. The molecule has 1 aliphatic rings. The number of anilines is 1. The Bertz CT molecular complexity index is 895. The second kappa shape index (κ2) is 12.6. The third kappa shape index (κ3) is 7.51. The van der Waals surface area contributed by atoms with Crippen molar-refractivity contribution in [3.05, 3.63) is 66.2 Å². The lowest BCUT2D eigenvalue weighted by Crippen LogP contribution is -2.40. The maximum absolute atomic E-state index is 12.7. The molecule has 1 atom stereocenters. The molecule has 6 nitrogen and oxygen atoms in total. The lowest BCUT2D eigenvalue weighted by atomic mass is 9.97. The number of para-hydroxylation sites is 1. The van der Waals surface area contributed by atoms with Crippen LogP contribution in [0.25, 0.3) is 0 Å². The molecule has 6 heteroatoms. The van der Waals surface area contributed by atoms with Gasteiger partial charge in [-0.3, -0.25) is 14.5 Å². The van der Waals surface area contributed by atoms with Crippen LogP contribution >= 0.6 is 0 Å². The van der Waals surface area contributed by atoms with E-state index in [-0.39, 0.29) is 31.1 Å². The lowest BCUT2D eigenvalue weighted by Gasteiger charge is -2.32. The molecule has 2 aromatic rings. The Kier molecular flexibility index (Phi) is 9.27. The summed E-state index contributed by atoms with van der Waals surface area (Å²) in [6.45, 7) is 3.99. The molecule has 0 spiro atoms. The first-order valence-corrected chi connectivity index (χ1v) is 11.4. The number of likely N-dealkylation sites (tertiary alicyclic amines) is 1. The van der Waals surface area contributed by atoms with Gasteiger partial charge in [-0.1, -0.05) is 48.5 Å². The zero-order valence-corrected chi connectivity index (χ0v) is 18.6. The monoisotopic (exact) mass is 432 g/mol. The van der Waals surface area contributed by atoms with Crippen LogP contribution in [0.1, 0.15) is 37.7 Å². The largest absolute Gasteiger partial charge is 0.356 e. The van der Waals surface area contributed by atoms with Crippen LogP contribution in [0.5, 0.6) is 0 Å². The molecular formula is C26H32N4O2. The molecule has 168 valence electrons. The fourth-order valence-corrected chi connectivity index (χ4v) is 4.17. The molecule has 1 fully saturated rings. The molecule has 1 heterocycles. The van der Waals surface area contributed by atoms with Crippen molar-refractivity contribution in [1.82, 2.24) is 10.2 Å². The third-order valence-corrected chi connectivity index (χ3v) is 5.82. The highest BCUT2D eigenvalue weighted by Gasteiger charge is 2.21. The number of nitrogens with one attached hydrogen (secondary N) is 1. The number of nitrogens with zero attached hydrogens (tertiary/aromatic N) is 3. The number of nitriles is 1. The van der Waals surface area contributed by atoms with E-state index >= 15 is 0 Å². The summed E-state index contributed by atoms with van der Waals surface area (Å²) in [5, 5.41) is 11.9. The average molecular weight is 433 g/mol. The van der Waals surface area contributed by atoms with Gasteiger partial charge in [0.2, 0.25) is 11.8 Å². The summed E-state index contributed by atoms with van der Waals surface area (Å²) in [7, 11) is 0. The highest BCUT2D eigenvalue weighted by Crippen LogP contribution is 2.18. The van der Waals surface area contributed by atoms with Crippen LogP contribution in [-0.2, 0) is 16.1 Å². The smallest absolute Gasteiger partial charge is 0.227 e. The van der Waals surface area contributed by atoms with E-state index in [0.717, 1.165) is 38.2 Å². The van der Waals surface area contributed by atoms with E-state index in [1.807, 2.05) is 36.4 Å². The van der Waals surface area contributed by atoms with E-state index in [2.05, 4.69) is 40.6 Å². The summed E-state index contributed by atoms with van der Waals surface area (Å²) in [4.78, 5) is 29.1. The number of hydrogen-bond donors (Lipinski definition) is 1. The van der Waals surface area contributed by atoms with Gasteiger partial charge in [0.15, 0.2) is 0 Å². The van der Waals surface area contributed by atoms with Gasteiger partial charge in [-0.05, 0) is 43.0 Å². The van der Waals surface area contributed by atoms with Crippen molar-refractivity contribution in [3.8, 4) is 6.07 Å². The van der Waals surface area contributed by atoms with Crippen LogP contribution < -0.4 is 10.2 Å². The summed E-state index contributed by atoms with van der Waals surface area (Å²) < 4.78 is 0. The van der Waals surface area contributed by atoms with Gasteiger partial charge in [-0.15, -0.1) is 0 Å². The standard InChI is InChI=1S/C26H32N4O2/c27-16-8-18-30(24-12-5-2-6-13-24)26(32)15-14-25(31)28-19-23-11-7-17-29(21-23)20-22-9-3-1-4-10-22/h1-6,9-10,12-13,23H,7-8,11,14-15,17-21H2,(H,28,31). The summed E-state index contributed by atoms with van der Waals surface area (Å²) in [6.07, 6.45) is 2.80. The van der Waals surface area contributed by atoms with Crippen LogP contribution in [0, 0.1) is 17.2 Å². The summed E-state index contributed by atoms with van der Waals surface area (Å²) in [5.74, 6) is 0.212. The second-order valence-electron chi connectivity index (χ2n) is 8.32. The van der Waals surface area contributed by atoms with E-state index in [4.69, 9.17) is 5.26 Å². The Balaban J connectivity index is 1.42. The fourth-order valence-electron chi connectivity index (χ4n) is 4.17. The number of piperidine rings is 1. The normalized spacial score (nSPS) is 16.2. The minimum absolute atomic E-state index is 0.0909. The number of hydrogen-bond acceptors (Lipinski definition) is 4. The molecule has 1 saturated heterocycles. The van der Waals surface area contributed by atoms with Gasteiger partial charge in [0, 0.05) is 44.7 Å². The number of carbonyl (C=O) groups is 2. The molecular weight excluding hydrogens is 400 g/mol. The van der Waals surface area contributed by atoms with Gasteiger partial charge in [-0.2, -0.15) is 5.26 Å². The highest BCUT2D eigenvalue weighted by molar-refractivity contribution is 5.95. The molecule has 1 N–H and O–H groups in total. The Hall–Kier alpha value is -3.17. The zero-order chi connectivity index (χ0) is 22.6. The first kappa shape index (κ1) is 23.5. The Morgan fingerprint density at radius 1 is 1.06 bits per heavy atom. The summed E-state index contributed by atoms with van der Waals surface area (Å²) in [5.41, 5.74) is 2.07. The SMILES string of the molecule is N#CCCN(C(=O)CCC(=O)NCC1CCCN(Cc2ccccc2)C1)c1ccccc1. The van der Waals surface area contributed by atoms with Crippen LogP contribution in [0.3, 0.4) is 0 Å². The van der Waals surface area contributed by atoms with E-state index < -0.39 is 0 Å². The van der Waals surface area contributed by atoms with Crippen molar-refractivity contribution in [2.45, 2.75) is 38.6 Å². The number of amides is 2. The van der Waals surface area contributed by atoms with Gasteiger partial charge in [0.05, 0.1) is 12.5 Å². The van der Waals surface area contributed by atoms with E-state index in [1.54, 1.807) is 4.90 Å². The molecule has 2 amide bonds. The molecule has 2 aromatic carbocycles. The van der Waals surface area contributed by atoms with Crippen molar-refractivity contribution in [1.29, 1.82) is 5.26 Å². The first-order valence-electron chi connectivity index (χ1n) is 11.4. The van der Waals surface area contributed by atoms with Crippen LogP contribution in [0.4, 0.5) is 5.69 Å². The molecule has 0 aromatic heterocycles. The third-order valence-electron chi connectivity index (χ3n) is 5.82. The Labute approximate surface area is 190 Å². The minimum Gasteiger partial charge on any atom is -0.356 e. The first-order chi connectivity index (χ1) is 15.7. The predicted octanol–water partition coefficient (Wildman–Crippen LogP) is 3.74. The van der Waals surface area contributed by atoms with Gasteiger partial charge >= 0.3 is 0 Å². The summed E-state index contributed by atoms with van der Waals surface area (Å²) in [6, 6.07) is 21.9. The van der Waals surface area contributed by atoms with Gasteiger partial charge < -0.3 is 10.2 Å². The zero-order valence-electron chi connectivity index (χ0n) is 18.6. The Morgan fingerprint density at radius 2 is 1.78 bits per heavy atom. The van der Waals surface area contributed by atoms with Crippen molar-refractivity contribution >= 4 is 17.5 Å². The van der Waals surface area contributed by atoms with Crippen LogP contribution in [0.2, 0.25) is 0 Å². The number of benzene rings is 2. The van der Waals surface area contributed by atoms with E-state index in [1.165, 1.54) is 5.56 Å². The predicted molar refractivity (Wildman–Crippen MR) is 126 cm³/mol. The molecule has 0 radical (unpaired) electrons. The lowest BCUT2D eigenvalue weighted by molar-refractivity contribution is -0.125. The van der Waals surface area contributed by atoms with E-state index in [0.29, 0.717) is 19.0 Å². The van der Waals surface area contributed by atoms with Crippen molar-refractivity contribution in [2.75, 3.05) is 31.1 Å². The Morgan fingerprint density at radius 3 is 2.50 bits per heavy atom. The number of rotatable bonds is 10. The minimum atomic E-state index is -0.131. The van der Waals surface area contributed by atoms with Crippen molar-refractivity contribution in [2.24, 2.45) is 5.92 Å². The maximum Gasteiger partial charge on any atom is 0.227 e. The fraction of sp³-hybridized carbons (Fsp3) is 0.423. The van der Waals surface area contributed by atoms with Gasteiger partial charge in [0.25, 0.3) is 0 Å². The molecule has 1 unspecified atom stereocenters. The van der Waals surface area contributed by atoms with Crippen LogP contribution in [-0.4, -0.2) is 42.9 Å². The molecule has 0 saturated carbocycles. The van der Waals surface area contributed by atoms with Crippen molar-refractivity contribution < 1.29 is 9.59 Å². The molecule has 3 rings (SSSR count). The summed E-state index contributed by atoms with van der Waals surface area (Å²) >= 11 is 0. The second-order valence-corrected chi connectivity index (χ2v) is 8.32. The van der Waals surface area contributed by atoms with Gasteiger partial charge in [0.1, 0.15) is 0 Å². The van der Waals surface area contributed by atoms with Crippen LogP contribution in [0.15, 0.2) is 60.7 Å². The molecule has 0 aliphatic carbocycles. The molecule has 0 bridgehead atoms. The topological polar surface area (TPSA) is 76.4 Å². The number of carbonyl (C=O) groups excluding carboxylic acids is 2.